The van der Waals surface area contributed by atoms with Crippen molar-refractivity contribution in [3.05, 3.63) is 53.6 Å². The number of benzene rings is 2. The molecule has 2 aliphatic heterocycles. The third kappa shape index (κ3) is 2.83. The maximum Gasteiger partial charge on any atom is 0.335 e. The zero-order valence-corrected chi connectivity index (χ0v) is 14.2. The van der Waals surface area contributed by atoms with Crippen LogP contribution in [-0.4, -0.2) is 42.7 Å². The van der Waals surface area contributed by atoms with Gasteiger partial charge >= 0.3 is 5.97 Å². The quantitative estimate of drug-likeness (QED) is 0.925. The number of rotatable bonds is 3. The molecule has 4 rings (SSSR count). The number of aromatic carboxylic acids is 1. The summed E-state index contributed by atoms with van der Waals surface area (Å²) in [6.07, 6.45) is 0.849. The monoisotopic (exact) mass is 340 g/mol. The van der Waals surface area contributed by atoms with E-state index in [0.717, 1.165) is 24.3 Å². The number of hydrogen-bond donors (Lipinski definition) is 1. The molecule has 2 aromatic carbocycles. The largest absolute Gasteiger partial charge is 0.478 e. The number of carboxylic acids is 1. The van der Waals surface area contributed by atoms with Crippen LogP contribution in [0.3, 0.4) is 0 Å². The van der Waals surface area contributed by atoms with Gasteiger partial charge in [0.1, 0.15) is 17.5 Å². The molecule has 0 saturated carbocycles. The zero-order valence-electron chi connectivity index (χ0n) is 14.2. The summed E-state index contributed by atoms with van der Waals surface area (Å²) in [5.74, 6) is 0.420. The van der Waals surface area contributed by atoms with Crippen LogP contribution in [0.4, 0.5) is 5.69 Å². The van der Waals surface area contributed by atoms with E-state index in [9.17, 15) is 9.90 Å². The maximum absolute atomic E-state index is 11.4. The standard InChI is InChI=1S/C19H20N2O4/c1-20(2)11-13-10-15-14-5-3-4-6-17(14)24-18-8-7-12(19(22)23)9-16(18)21(15)25-13/h3-9,13,15H,10-11H2,1-2H3,(H,22,23)/t13-,15-/m0/s1. The molecular weight excluding hydrogens is 320 g/mol. The van der Waals surface area contributed by atoms with E-state index in [1.807, 2.05) is 43.4 Å². The molecule has 130 valence electrons. The van der Waals surface area contributed by atoms with Crippen LogP contribution in [0.15, 0.2) is 42.5 Å². The van der Waals surface area contributed by atoms with Crippen molar-refractivity contribution in [3.63, 3.8) is 0 Å². The van der Waals surface area contributed by atoms with E-state index >= 15 is 0 Å². The first kappa shape index (κ1) is 15.9. The molecule has 2 atom stereocenters. The first-order valence-electron chi connectivity index (χ1n) is 8.28. The van der Waals surface area contributed by atoms with Crippen LogP contribution in [0.5, 0.6) is 11.5 Å². The fourth-order valence-corrected chi connectivity index (χ4v) is 3.49. The van der Waals surface area contributed by atoms with Crippen LogP contribution in [0.1, 0.15) is 28.4 Å². The van der Waals surface area contributed by atoms with Crippen LogP contribution in [-0.2, 0) is 4.84 Å². The van der Waals surface area contributed by atoms with Crippen molar-refractivity contribution in [1.82, 2.24) is 4.90 Å². The summed E-state index contributed by atoms with van der Waals surface area (Å²) >= 11 is 0. The number of hydroxylamine groups is 1. The predicted molar refractivity (Wildman–Crippen MR) is 93.2 cm³/mol. The smallest absolute Gasteiger partial charge is 0.335 e. The molecule has 0 unspecified atom stereocenters. The second-order valence-corrected chi connectivity index (χ2v) is 6.69. The van der Waals surface area contributed by atoms with Crippen molar-refractivity contribution in [1.29, 1.82) is 0 Å². The summed E-state index contributed by atoms with van der Waals surface area (Å²) in [5, 5.41) is 11.2. The molecular formula is C19H20N2O4. The number of ether oxygens (including phenoxy) is 1. The van der Waals surface area contributed by atoms with E-state index in [1.54, 1.807) is 18.2 Å². The topological polar surface area (TPSA) is 62.2 Å². The Hall–Kier alpha value is -2.57. The highest BCUT2D eigenvalue weighted by Crippen LogP contribution is 2.49. The Bertz CT molecular complexity index is 821. The van der Waals surface area contributed by atoms with Crippen LogP contribution in [0.25, 0.3) is 0 Å². The molecule has 0 aliphatic carbocycles. The van der Waals surface area contributed by atoms with E-state index in [2.05, 4.69) is 4.90 Å². The van der Waals surface area contributed by atoms with Crippen LogP contribution in [0, 0.1) is 0 Å². The van der Waals surface area contributed by atoms with Crippen molar-refractivity contribution in [2.24, 2.45) is 0 Å². The predicted octanol–water partition coefficient (Wildman–Crippen LogP) is 3.30. The van der Waals surface area contributed by atoms with E-state index in [4.69, 9.17) is 9.57 Å². The van der Waals surface area contributed by atoms with Crippen LogP contribution >= 0.6 is 0 Å². The third-order valence-corrected chi connectivity index (χ3v) is 4.54. The molecule has 6 nitrogen and oxygen atoms in total. The Morgan fingerprint density at radius 3 is 2.80 bits per heavy atom. The van der Waals surface area contributed by atoms with Gasteiger partial charge < -0.3 is 14.7 Å². The number of fused-ring (bicyclic) bond motifs is 5. The molecule has 0 spiro atoms. The summed E-state index contributed by atoms with van der Waals surface area (Å²) in [7, 11) is 4.03. The number of likely N-dealkylation sites (N-methyl/N-ethyl adjacent to an activating group) is 1. The van der Waals surface area contributed by atoms with Crippen LogP contribution < -0.4 is 9.80 Å². The number of nitrogens with zero attached hydrogens (tertiary/aromatic N) is 2. The van der Waals surface area contributed by atoms with Gasteiger partial charge in [0.05, 0.1) is 11.6 Å². The highest BCUT2D eigenvalue weighted by atomic mass is 16.7. The normalized spacial score (nSPS) is 21.2. The summed E-state index contributed by atoms with van der Waals surface area (Å²) in [6.45, 7) is 0.796. The number of anilines is 1. The van der Waals surface area contributed by atoms with Gasteiger partial charge in [-0.3, -0.25) is 4.84 Å². The lowest BCUT2D eigenvalue weighted by atomic mass is 10.0. The average Bonchev–Trinajstić information content (AvgIpc) is 2.93. The number of hydrogen-bond acceptors (Lipinski definition) is 5. The molecule has 0 amide bonds. The van der Waals surface area contributed by atoms with Crippen molar-refractivity contribution < 1.29 is 19.5 Å². The molecule has 1 N–H and O–H groups in total. The molecule has 25 heavy (non-hydrogen) atoms. The molecule has 2 aromatic rings. The Kier molecular flexibility index (Phi) is 3.86. The molecule has 1 fully saturated rings. The lowest BCUT2D eigenvalue weighted by molar-refractivity contribution is 0.0647. The van der Waals surface area contributed by atoms with Gasteiger partial charge in [-0.15, -0.1) is 0 Å². The minimum absolute atomic E-state index is 0.00792. The fourth-order valence-electron chi connectivity index (χ4n) is 3.49. The number of carbonyl (C=O) groups is 1. The second kappa shape index (κ2) is 6.06. The lowest BCUT2D eigenvalue weighted by Gasteiger charge is -2.24. The molecule has 1 saturated heterocycles. The maximum atomic E-state index is 11.4. The average molecular weight is 340 g/mol. The van der Waals surface area contributed by atoms with Crippen molar-refractivity contribution in [2.45, 2.75) is 18.6 Å². The summed E-state index contributed by atoms with van der Waals surface area (Å²) in [5.41, 5.74) is 1.92. The highest BCUT2D eigenvalue weighted by molar-refractivity contribution is 5.89. The Labute approximate surface area is 146 Å². The summed E-state index contributed by atoms with van der Waals surface area (Å²) in [6, 6.07) is 12.8. The van der Waals surface area contributed by atoms with Crippen molar-refractivity contribution in [3.8, 4) is 11.5 Å². The van der Waals surface area contributed by atoms with Crippen LogP contribution in [0.2, 0.25) is 0 Å². The second-order valence-electron chi connectivity index (χ2n) is 6.69. The fraction of sp³-hybridized carbons (Fsp3) is 0.316. The molecule has 0 radical (unpaired) electrons. The van der Waals surface area contributed by atoms with Gasteiger partial charge in [-0.2, -0.15) is 0 Å². The summed E-state index contributed by atoms with van der Waals surface area (Å²) in [4.78, 5) is 19.7. The van der Waals surface area contributed by atoms with Gasteiger partial charge in [0.2, 0.25) is 0 Å². The third-order valence-electron chi connectivity index (χ3n) is 4.54. The van der Waals surface area contributed by atoms with Crippen molar-refractivity contribution >= 4 is 11.7 Å². The van der Waals surface area contributed by atoms with E-state index in [-0.39, 0.29) is 17.7 Å². The summed E-state index contributed by atoms with van der Waals surface area (Å²) < 4.78 is 6.06. The Morgan fingerprint density at radius 2 is 2.04 bits per heavy atom. The van der Waals surface area contributed by atoms with Gasteiger partial charge in [0, 0.05) is 18.5 Å². The van der Waals surface area contributed by atoms with Gasteiger partial charge in [-0.25, -0.2) is 9.86 Å². The Balaban J connectivity index is 1.81. The number of carboxylic acid groups (broad SMARTS) is 1. The van der Waals surface area contributed by atoms with Gasteiger partial charge in [-0.05, 0) is 38.4 Å². The molecule has 2 heterocycles. The Morgan fingerprint density at radius 1 is 1.24 bits per heavy atom. The lowest BCUT2D eigenvalue weighted by Crippen LogP contribution is -2.27. The first-order valence-corrected chi connectivity index (χ1v) is 8.28. The minimum Gasteiger partial charge on any atom is -0.478 e. The first-order chi connectivity index (χ1) is 12.0. The van der Waals surface area contributed by atoms with E-state index in [0.29, 0.717) is 11.4 Å². The molecule has 0 aromatic heterocycles. The SMILES string of the molecule is CN(C)C[C@@H]1C[C@H]2c3ccccc3Oc3ccc(C(=O)O)cc3N2O1. The van der Waals surface area contributed by atoms with Crippen molar-refractivity contribution in [2.75, 3.05) is 25.7 Å². The minimum atomic E-state index is -0.967. The zero-order chi connectivity index (χ0) is 17.6. The van der Waals surface area contributed by atoms with Gasteiger partial charge in [-0.1, -0.05) is 18.2 Å². The van der Waals surface area contributed by atoms with Gasteiger partial charge in [0.15, 0.2) is 5.75 Å². The molecule has 0 bridgehead atoms. The number of para-hydroxylation sites is 1. The van der Waals surface area contributed by atoms with E-state index < -0.39 is 5.97 Å². The van der Waals surface area contributed by atoms with E-state index in [1.165, 1.54) is 0 Å². The molecule has 2 aliphatic rings. The highest BCUT2D eigenvalue weighted by Gasteiger charge is 2.40. The van der Waals surface area contributed by atoms with Gasteiger partial charge in [0.25, 0.3) is 0 Å². The molecule has 6 heteroatoms.